The van der Waals surface area contributed by atoms with E-state index in [4.69, 9.17) is 0 Å². The lowest BCUT2D eigenvalue weighted by atomic mass is 10.2. The maximum absolute atomic E-state index is 3.46. The molecule has 1 atom stereocenters. The van der Waals surface area contributed by atoms with Crippen LogP contribution in [-0.4, -0.2) is 5.25 Å². The van der Waals surface area contributed by atoms with Crippen molar-refractivity contribution in [2.24, 2.45) is 0 Å². The van der Waals surface area contributed by atoms with Gasteiger partial charge in [0.1, 0.15) is 0 Å². The first-order chi connectivity index (χ1) is 7.16. The molecular weight excluding hydrogens is 268 g/mol. The van der Waals surface area contributed by atoms with Crippen molar-refractivity contribution in [1.82, 2.24) is 0 Å². The van der Waals surface area contributed by atoms with E-state index < -0.39 is 0 Å². The van der Waals surface area contributed by atoms with Crippen molar-refractivity contribution < 1.29 is 0 Å². The second-order valence-corrected chi connectivity index (χ2v) is 6.33. The number of thioether (sulfide) groups is 1. The van der Waals surface area contributed by atoms with E-state index in [1.54, 1.807) is 11.1 Å². The molecule has 0 amide bonds. The maximum Gasteiger partial charge on any atom is 0.0275 e. The van der Waals surface area contributed by atoms with Gasteiger partial charge in [-0.05, 0) is 51.0 Å². The van der Waals surface area contributed by atoms with Crippen molar-refractivity contribution in [3.63, 3.8) is 0 Å². The summed E-state index contributed by atoms with van der Waals surface area (Å²) in [5.74, 6) is 0. The Bertz CT molecular complexity index is 372. The molecule has 2 heteroatoms. The molecule has 0 aliphatic heterocycles. The van der Waals surface area contributed by atoms with E-state index in [-0.39, 0.29) is 0 Å². The van der Waals surface area contributed by atoms with Crippen molar-refractivity contribution in [2.75, 3.05) is 0 Å². The van der Waals surface area contributed by atoms with Crippen LogP contribution in [0.1, 0.15) is 26.7 Å². The molecular formula is C13H15BrS. The predicted octanol–water partition coefficient (Wildman–Crippen LogP) is 5.04. The highest BCUT2D eigenvalue weighted by Crippen LogP contribution is 2.37. The fraction of sp³-hybridized carbons (Fsp3) is 0.385. The van der Waals surface area contributed by atoms with Crippen LogP contribution in [0.2, 0.25) is 0 Å². The monoisotopic (exact) mass is 282 g/mol. The van der Waals surface area contributed by atoms with E-state index in [1.807, 2.05) is 11.8 Å². The van der Waals surface area contributed by atoms with Gasteiger partial charge in [-0.3, -0.25) is 0 Å². The molecule has 0 N–H and O–H groups in total. The topological polar surface area (TPSA) is 0 Å². The quantitative estimate of drug-likeness (QED) is 0.553. The fourth-order valence-electron chi connectivity index (χ4n) is 1.55. The zero-order valence-electron chi connectivity index (χ0n) is 9.09. The smallest absolute Gasteiger partial charge is 0.0275 e. The Kier molecular flexibility index (Phi) is 3.57. The summed E-state index contributed by atoms with van der Waals surface area (Å²) in [6.07, 6.45) is 2.66. The number of rotatable bonds is 3. The molecule has 0 nitrogen and oxygen atoms in total. The minimum absolute atomic E-state index is 0.615. The van der Waals surface area contributed by atoms with Crippen LogP contribution in [0.25, 0.3) is 0 Å². The van der Waals surface area contributed by atoms with Gasteiger partial charge in [0, 0.05) is 14.6 Å². The third-order valence-corrected chi connectivity index (χ3v) is 4.57. The first kappa shape index (κ1) is 11.3. The number of hydrogen-bond donors (Lipinski definition) is 0. The molecule has 0 bridgehead atoms. The average molecular weight is 283 g/mol. The van der Waals surface area contributed by atoms with Crippen molar-refractivity contribution in [3.8, 4) is 0 Å². The van der Waals surface area contributed by atoms with Gasteiger partial charge in [-0.1, -0.05) is 27.1 Å². The van der Waals surface area contributed by atoms with Crippen LogP contribution in [0.4, 0.5) is 0 Å². The van der Waals surface area contributed by atoms with Gasteiger partial charge in [-0.2, -0.15) is 0 Å². The second kappa shape index (κ2) is 4.75. The zero-order valence-corrected chi connectivity index (χ0v) is 11.5. The van der Waals surface area contributed by atoms with Crippen LogP contribution < -0.4 is 0 Å². The molecule has 0 aromatic heterocycles. The van der Waals surface area contributed by atoms with Gasteiger partial charge in [0.2, 0.25) is 0 Å². The number of halogens is 1. The van der Waals surface area contributed by atoms with E-state index >= 15 is 0 Å². The molecule has 1 aliphatic rings. The molecule has 0 spiro atoms. The number of benzene rings is 1. The Balaban J connectivity index is 2.02. The largest absolute Gasteiger partial charge is 0.119 e. The van der Waals surface area contributed by atoms with Crippen molar-refractivity contribution >= 4 is 27.7 Å². The normalized spacial score (nSPS) is 16.3. The van der Waals surface area contributed by atoms with E-state index in [1.165, 1.54) is 17.7 Å². The van der Waals surface area contributed by atoms with Crippen LogP contribution in [0.5, 0.6) is 0 Å². The fourth-order valence-corrected chi connectivity index (χ4v) is 2.86. The molecule has 1 unspecified atom stereocenters. The van der Waals surface area contributed by atoms with Gasteiger partial charge in [0.15, 0.2) is 0 Å². The third-order valence-electron chi connectivity index (χ3n) is 2.79. The lowest BCUT2D eigenvalue weighted by molar-refractivity contribution is 1.10. The zero-order chi connectivity index (χ0) is 10.8. The molecule has 1 aromatic carbocycles. The Hall–Kier alpha value is -0.210. The molecule has 1 aromatic rings. The first-order valence-electron chi connectivity index (χ1n) is 5.27. The highest BCUT2D eigenvalue weighted by Gasteiger charge is 2.18. The summed E-state index contributed by atoms with van der Waals surface area (Å²) in [7, 11) is 0. The number of hydrogen-bond acceptors (Lipinski definition) is 1. The average Bonchev–Trinajstić information content (AvgIpc) is 3.04. The van der Waals surface area contributed by atoms with Gasteiger partial charge < -0.3 is 0 Å². The highest BCUT2D eigenvalue weighted by molar-refractivity contribution is 9.10. The van der Waals surface area contributed by atoms with Gasteiger partial charge >= 0.3 is 0 Å². The van der Waals surface area contributed by atoms with E-state index in [0.717, 1.165) is 4.47 Å². The Morgan fingerprint density at radius 3 is 2.40 bits per heavy atom. The molecule has 15 heavy (non-hydrogen) atoms. The molecule has 2 rings (SSSR count). The molecule has 0 heterocycles. The summed E-state index contributed by atoms with van der Waals surface area (Å²) in [5, 5.41) is 0.615. The third kappa shape index (κ3) is 3.12. The van der Waals surface area contributed by atoms with Gasteiger partial charge in [0.05, 0.1) is 0 Å². The Morgan fingerprint density at radius 1 is 1.27 bits per heavy atom. The van der Waals surface area contributed by atoms with Gasteiger partial charge in [-0.25, -0.2) is 0 Å². The summed E-state index contributed by atoms with van der Waals surface area (Å²) in [5.41, 5.74) is 3.26. The van der Waals surface area contributed by atoms with Crippen LogP contribution in [-0.2, 0) is 0 Å². The van der Waals surface area contributed by atoms with Gasteiger partial charge in [0.25, 0.3) is 0 Å². The van der Waals surface area contributed by atoms with Crippen LogP contribution in [0.3, 0.4) is 0 Å². The maximum atomic E-state index is 3.46. The molecule has 1 fully saturated rings. The second-order valence-electron chi connectivity index (χ2n) is 4.00. The Labute approximate surface area is 104 Å². The van der Waals surface area contributed by atoms with Crippen LogP contribution in [0, 0.1) is 0 Å². The first-order valence-corrected chi connectivity index (χ1v) is 6.95. The van der Waals surface area contributed by atoms with Crippen molar-refractivity contribution in [2.45, 2.75) is 36.8 Å². The minimum Gasteiger partial charge on any atom is -0.119 e. The molecule has 80 valence electrons. The predicted molar refractivity (Wildman–Crippen MR) is 71.4 cm³/mol. The van der Waals surface area contributed by atoms with E-state index in [2.05, 4.69) is 54.0 Å². The lowest BCUT2D eigenvalue weighted by Crippen LogP contribution is -1.97. The molecule has 0 radical (unpaired) electrons. The molecule has 1 saturated carbocycles. The van der Waals surface area contributed by atoms with Crippen molar-refractivity contribution in [3.05, 3.63) is 39.9 Å². The van der Waals surface area contributed by atoms with Crippen molar-refractivity contribution in [1.29, 1.82) is 0 Å². The Morgan fingerprint density at radius 2 is 1.87 bits per heavy atom. The van der Waals surface area contributed by atoms with Gasteiger partial charge in [-0.15, -0.1) is 11.8 Å². The van der Waals surface area contributed by atoms with Crippen LogP contribution in [0.15, 0.2) is 44.8 Å². The summed E-state index contributed by atoms with van der Waals surface area (Å²) >= 11 is 5.41. The SMILES string of the molecule is CC(=C1CC1)C(C)Sc1ccc(Br)cc1. The van der Waals surface area contributed by atoms with E-state index in [0.29, 0.717) is 5.25 Å². The van der Waals surface area contributed by atoms with E-state index in [9.17, 15) is 0 Å². The summed E-state index contributed by atoms with van der Waals surface area (Å²) in [6, 6.07) is 8.56. The molecule has 1 aliphatic carbocycles. The molecule has 0 saturated heterocycles. The summed E-state index contributed by atoms with van der Waals surface area (Å²) < 4.78 is 1.15. The summed E-state index contributed by atoms with van der Waals surface area (Å²) in [4.78, 5) is 1.35. The minimum atomic E-state index is 0.615. The lowest BCUT2D eigenvalue weighted by Gasteiger charge is -2.11. The highest BCUT2D eigenvalue weighted by atomic mass is 79.9. The number of allylic oxidation sites excluding steroid dienone is 1. The summed E-state index contributed by atoms with van der Waals surface area (Å²) in [6.45, 7) is 4.58. The standard InChI is InChI=1S/C13H15BrS/c1-9(11-3-4-11)10(2)15-13-7-5-12(14)6-8-13/h5-8,10H,3-4H2,1-2H3. The van der Waals surface area contributed by atoms with Crippen LogP contribution >= 0.6 is 27.7 Å².